The van der Waals surface area contributed by atoms with Crippen LogP contribution in [0.1, 0.15) is 47.0 Å². The SMILES string of the molecule is CC(OC1CN(C(=O)OC(C)(C)C)CC1Br)C1CCC1. The molecule has 2 aliphatic rings. The zero-order chi connectivity index (χ0) is 14.9. The first-order valence-electron chi connectivity index (χ1n) is 7.54. The number of amides is 1. The highest BCUT2D eigenvalue weighted by molar-refractivity contribution is 9.09. The Morgan fingerprint density at radius 2 is 1.95 bits per heavy atom. The number of rotatable bonds is 3. The fourth-order valence-electron chi connectivity index (χ4n) is 2.63. The summed E-state index contributed by atoms with van der Waals surface area (Å²) >= 11 is 3.64. The van der Waals surface area contributed by atoms with Gasteiger partial charge in [-0.1, -0.05) is 22.4 Å². The van der Waals surface area contributed by atoms with Crippen LogP contribution in [0.3, 0.4) is 0 Å². The van der Waals surface area contributed by atoms with Crippen molar-refractivity contribution in [2.24, 2.45) is 5.92 Å². The van der Waals surface area contributed by atoms with E-state index < -0.39 is 5.60 Å². The zero-order valence-electron chi connectivity index (χ0n) is 12.9. The summed E-state index contributed by atoms with van der Waals surface area (Å²) < 4.78 is 11.6. The molecule has 0 spiro atoms. The molecule has 1 heterocycles. The van der Waals surface area contributed by atoms with E-state index in [9.17, 15) is 4.79 Å². The van der Waals surface area contributed by atoms with Crippen molar-refractivity contribution in [3.05, 3.63) is 0 Å². The Morgan fingerprint density at radius 3 is 2.45 bits per heavy atom. The van der Waals surface area contributed by atoms with Crippen LogP contribution in [0.5, 0.6) is 0 Å². The second-order valence-corrected chi connectivity index (χ2v) is 8.15. The summed E-state index contributed by atoms with van der Waals surface area (Å²) in [4.78, 5) is 14.0. The molecule has 0 aromatic rings. The summed E-state index contributed by atoms with van der Waals surface area (Å²) in [6, 6.07) is 0. The summed E-state index contributed by atoms with van der Waals surface area (Å²) in [6.45, 7) is 9.08. The van der Waals surface area contributed by atoms with Crippen LogP contribution >= 0.6 is 15.9 Å². The topological polar surface area (TPSA) is 38.8 Å². The lowest BCUT2D eigenvalue weighted by atomic mass is 9.81. The molecule has 0 aromatic heterocycles. The van der Waals surface area contributed by atoms with Crippen molar-refractivity contribution in [1.82, 2.24) is 4.90 Å². The summed E-state index contributed by atoms with van der Waals surface area (Å²) in [6.07, 6.45) is 3.98. The number of nitrogens with zero attached hydrogens (tertiary/aromatic N) is 1. The van der Waals surface area contributed by atoms with Gasteiger partial charge < -0.3 is 14.4 Å². The van der Waals surface area contributed by atoms with Crippen LogP contribution in [-0.4, -0.2) is 46.7 Å². The van der Waals surface area contributed by atoms with Crippen LogP contribution in [0.15, 0.2) is 0 Å². The van der Waals surface area contributed by atoms with Crippen molar-refractivity contribution in [2.75, 3.05) is 13.1 Å². The molecule has 1 aliphatic carbocycles. The average molecular weight is 348 g/mol. The average Bonchev–Trinajstić information content (AvgIpc) is 2.55. The first-order chi connectivity index (χ1) is 9.26. The fraction of sp³-hybridized carbons (Fsp3) is 0.933. The quantitative estimate of drug-likeness (QED) is 0.732. The van der Waals surface area contributed by atoms with E-state index in [1.807, 2.05) is 20.8 Å². The van der Waals surface area contributed by atoms with Gasteiger partial charge >= 0.3 is 6.09 Å². The van der Waals surface area contributed by atoms with Crippen LogP contribution in [-0.2, 0) is 9.47 Å². The molecule has 3 unspecified atom stereocenters. The zero-order valence-corrected chi connectivity index (χ0v) is 14.5. The van der Waals surface area contributed by atoms with Crippen molar-refractivity contribution < 1.29 is 14.3 Å². The molecule has 1 saturated carbocycles. The Hall–Kier alpha value is -0.290. The lowest BCUT2D eigenvalue weighted by Crippen LogP contribution is -2.37. The lowest BCUT2D eigenvalue weighted by molar-refractivity contribution is -0.0449. The van der Waals surface area contributed by atoms with Gasteiger partial charge in [0, 0.05) is 6.54 Å². The molecule has 1 saturated heterocycles. The monoisotopic (exact) mass is 347 g/mol. The van der Waals surface area contributed by atoms with E-state index in [-0.39, 0.29) is 23.1 Å². The normalized spacial score (nSPS) is 29.1. The molecule has 0 aromatic carbocycles. The Balaban J connectivity index is 1.83. The third kappa shape index (κ3) is 4.10. The molecule has 116 valence electrons. The maximum Gasteiger partial charge on any atom is 0.410 e. The summed E-state index contributed by atoms with van der Waals surface area (Å²) in [5, 5.41) is 0. The van der Waals surface area contributed by atoms with Gasteiger partial charge in [-0.2, -0.15) is 0 Å². The second kappa shape index (κ2) is 6.22. The maximum absolute atomic E-state index is 12.1. The number of halogens is 1. The van der Waals surface area contributed by atoms with Gasteiger partial charge in [-0.15, -0.1) is 0 Å². The molecule has 2 fully saturated rings. The molecule has 0 N–H and O–H groups in total. The number of carbonyl (C=O) groups is 1. The van der Waals surface area contributed by atoms with Gasteiger partial charge in [0.1, 0.15) is 5.60 Å². The van der Waals surface area contributed by atoms with Gasteiger partial charge in [-0.25, -0.2) is 4.79 Å². The van der Waals surface area contributed by atoms with E-state index >= 15 is 0 Å². The number of hydrogen-bond acceptors (Lipinski definition) is 3. The molecule has 2 rings (SSSR count). The number of carbonyl (C=O) groups excluding carboxylic acids is 1. The van der Waals surface area contributed by atoms with Crippen LogP contribution in [0.2, 0.25) is 0 Å². The Morgan fingerprint density at radius 1 is 1.30 bits per heavy atom. The smallest absolute Gasteiger partial charge is 0.410 e. The minimum absolute atomic E-state index is 0.0677. The first-order valence-corrected chi connectivity index (χ1v) is 8.45. The number of hydrogen-bond donors (Lipinski definition) is 0. The van der Waals surface area contributed by atoms with Crippen LogP contribution in [0.4, 0.5) is 4.79 Å². The van der Waals surface area contributed by atoms with Crippen molar-refractivity contribution in [2.45, 2.75) is 69.6 Å². The third-order valence-corrected chi connectivity index (χ3v) is 4.93. The lowest BCUT2D eigenvalue weighted by Gasteiger charge is -2.33. The number of alkyl halides is 1. The van der Waals surface area contributed by atoms with Gasteiger partial charge in [0.05, 0.1) is 23.6 Å². The van der Waals surface area contributed by atoms with Crippen molar-refractivity contribution in [3.8, 4) is 0 Å². The molecular weight excluding hydrogens is 322 g/mol. The van der Waals surface area contributed by atoms with E-state index in [0.717, 1.165) is 0 Å². The fourth-order valence-corrected chi connectivity index (χ4v) is 3.28. The first kappa shape index (κ1) is 16.1. The number of likely N-dealkylation sites (tertiary alicyclic amines) is 1. The molecule has 0 bridgehead atoms. The van der Waals surface area contributed by atoms with Crippen molar-refractivity contribution in [1.29, 1.82) is 0 Å². The van der Waals surface area contributed by atoms with E-state index in [2.05, 4.69) is 22.9 Å². The van der Waals surface area contributed by atoms with Gasteiger partial charge in [0.25, 0.3) is 0 Å². The van der Waals surface area contributed by atoms with Gasteiger partial charge in [-0.05, 0) is 46.5 Å². The molecule has 4 nitrogen and oxygen atoms in total. The predicted molar refractivity (Wildman–Crippen MR) is 82.2 cm³/mol. The van der Waals surface area contributed by atoms with E-state index in [1.54, 1.807) is 4.90 Å². The standard InChI is InChI=1S/C15H26BrNO3/c1-10(11-6-5-7-11)19-13-9-17(8-12(13)16)14(18)20-15(2,3)4/h10-13H,5-9H2,1-4H3. The number of ether oxygens (including phenoxy) is 2. The summed E-state index contributed by atoms with van der Waals surface area (Å²) in [5.41, 5.74) is -0.447. The highest BCUT2D eigenvalue weighted by atomic mass is 79.9. The second-order valence-electron chi connectivity index (χ2n) is 6.97. The van der Waals surface area contributed by atoms with Crippen molar-refractivity contribution in [3.63, 3.8) is 0 Å². The highest BCUT2D eigenvalue weighted by Crippen LogP contribution is 2.33. The van der Waals surface area contributed by atoms with Crippen LogP contribution in [0.25, 0.3) is 0 Å². The molecular formula is C15H26BrNO3. The maximum atomic E-state index is 12.1. The van der Waals surface area contributed by atoms with Crippen LogP contribution in [0, 0.1) is 5.92 Å². The summed E-state index contributed by atoms with van der Waals surface area (Å²) in [5.74, 6) is 0.699. The summed E-state index contributed by atoms with van der Waals surface area (Å²) in [7, 11) is 0. The van der Waals surface area contributed by atoms with E-state index in [4.69, 9.17) is 9.47 Å². The minimum atomic E-state index is -0.447. The minimum Gasteiger partial charge on any atom is -0.444 e. The molecule has 1 amide bonds. The predicted octanol–water partition coefficient (Wildman–Crippen LogP) is 3.57. The Kier molecular flexibility index (Phi) is 5.00. The van der Waals surface area contributed by atoms with E-state index in [0.29, 0.717) is 19.0 Å². The van der Waals surface area contributed by atoms with Crippen molar-refractivity contribution >= 4 is 22.0 Å². The highest BCUT2D eigenvalue weighted by Gasteiger charge is 2.38. The molecule has 0 radical (unpaired) electrons. The van der Waals surface area contributed by atoms with Gasteiger partial charge in [0.2, 0.25) is 0 Å². The molecule has 5 heteroatoms. The van der Waals surface area contributed by atoms with Gasteiger partial charge in [-0.3, -0.25) is 0 Å². The Labute approximate surface area is 130 Å². The molecule has 1 aliphatic heterocycles. The third-order valence-electron chi connectivity index (χ3n) is 4.05. The molecule has 3 atom stereocenters. The largest absolute Gasteiger partial charge is 0.444 e. The Bertz CT molecular complexity index is 352. The molecule has 20 heavy (non-hydrogen) atoms. The van der Waals surface area contributed by atoms with E-state index in [1.165, 1.54) is 19.3 Å². The van der Waals surface area contributed by atoms with Gasteiger partial charge in [0.15, 0.2) is 0 Å². The van der Waals surface area contributed by atoms with Crippen LogP contribution < -0.4 is 0 Å².